The van der Waals surface area contributed by atoms with Gasteiger partial charge in [-0.15, -0.1) is 0 Å². The summed E-state index contributed by atoms with van der Waals surface area (Å²) in [6, 6.07) is 16.3. The van der Waals surface area contributed by atoms with E-state index in [9.17, 15) is 9.59 Å². The van der Waals surface area contributed by atoms with E-state index in [0.29, 0.717) is 17.0 Å². The lowest BCUT2D eigenvalue weighted by atomic mass is 9.99. The van der Waals surface area contributed by atoms with Crippen LogP contribution in [0.2, 0.25) is 0 Å². The highest BCUT2D eigenvalue weighted by Gasteiger charge is 2.22. The Morgan fingerprint density at radius 3 is 2.54 bits per heavy atom. The van der Waals surface area contributed by atoms with E-state index in [1.807, 2.05) is 35.2 Å². The lowest BCUT2D eigenvalue weighted by Gasteiger charge is -2.31. The Morgan fingerprint density at radius 2 is 1.79 bits per heavy atom. The molecule has 2 aromatic carbocycles. The van der Waals surface area contributed by atoms with E-state index in [1.165, 1.54) is 6.42 Å². The van der Waals surface area contributed by atoms with Crippen molar-refractivity contribution in [3.05, 3.63) is 65.7 Å². The first-order valence-electron chi connectivity index (χ1n) is 8.39. The van der Waals surface area contributed by atoms with Gasteiger partial charge in [0.15, 0.2) is 0 Å². The number of carbonyl (C=O) groups is 2. The molecule has 2 aromatic rings. The summed E-state index contributed by atoms with van der Waals surface area (Å²) in [6.07, 6.45) is 2.21. The lowest BCUT2D eigenvalue weighted by Crippen LogP contribution is -2.39. The predicted molar refractivity (Wildman–Crippen MR) is 95.1 cm³/mol. The van der Waals surface area contributed by atoms with Gasteiger partial charge in [0.1, 0.15) is 0 Å². The quantitative estimate of drug-likeness (QED) is 0.934. The summed E-state index contributed by atoms with van der Waals surface area (Å²) in [6.45, 7) is 3.76. The largest absolute Gasteiger partial charge is 0.338 e. The van der Waals surface area contributed by atoms with Crippen LogP contribution in [0.5, 0.6) is 0 Å². The molecule has 0 radical (unpaired) electrons. The number of nitrogens with zero attached hydrogens (tertiary/aromatic N) is 1. The maximum atomic E-state index is 12.7. The van der Waals surface area contributed by atoms with Crippen molar-refractivity contribution < 1.29 is 9.59 Å². The van der Waals surface area contributed by atoms with Crippen LogP contribution in [0.3, 0.4) is 0 Å². The summed E-state index contributed by atoms with van der Waals surface area (Å²) < 4.78 is 0. The van der Waals surface area contributed by atoms with E-state index < -0.39 is 0 Å². The fraction of sp³-hybridized carbons (Fsp3) is 0.300. The predicted octanol–water partition coefficient (Wildman–Crippen LogP) is 3.81. The molecule has 24 heavy (non-hydrogen) atoms. The zero-order valence-electron chi connectivity index (χ0n) is 13.9. The van der Waals surface area contributed by atoms with Crippen LogP contribution in [0.4, 0.5) is 5.69 Å². The number of benzene rings is 2. The minimum absolute atomic E-state index is 0.0101. The number of amides is 2. The first kappa shape index (κ1) is 16.2. The van der Waals surface area contributed by atoms with Crippen molar-refractivity contribution in [2.24, 2.45) is 5.92 Å². The molecular formula is C20H22N2O2. The molecule has 1 aliphatic rings. The number of hydrogen-bond acceptors (Lipinski definition) is 2. The number of nitrogens with one attached hydrogen (secondary N) is 1. The van der Waals surface area contributed by atoms with Gasteiger partial charge in [-0.05, 0) is 49.1 Å². The molecule has 2 amide bonds. The van der Waals surface area contributed by atoms with Crippen molar-refractivity contribution in [1.29, 1.82) is 0 Å². The van der Waals surface area contributed by atoms with Crippen LogP contribution in [0, 0.1) is 5.92 Å². The minimum atomic E-state index is -0.206. The second-order valence-electron chi connectivity index (χ2n) is 6.40. The van der Waals surface area contributed by atoms with Crippen LogP contribution in [0.1, 0.15) is 40.5 Å². The minimum Gasteiger partial charge on any atom is -0.338 e. The van der Waals surface area contributed by atoms with Crippen LogP contribution < -0.4 is 5.32 Å². The standard InChI is InChI=1S/C20H22N2O2/c1-15-7-6-12-22(14-15)20(24)17-9-5-8-16(13-17)19(23)21-18-10-3-2-4-11-18/h2-5,8-11,13,15H,6-7,12,14H2,1H3,(H,21,23). The number of rotatable bonds is 3. The normalized spacial score (nSPS) is 17.4. The van der Waals surface area contributed by atoms with Gasteiger partial charge in [-0.3, -0.25) is 9.59 Å². The third kappa shape index (κ3) is 3.82. The summed E-state index contributed by atoms with van der Waals surface area (Å²) in [7, 11) is 0. The van der Waals surface area contributed by atoms with Gasteiger partial charge in [0.25, 0.3) is 11.8 Å². The van der Waals surface area contributed by atoms with E-state index in [-0.39, 0.29) is 11.8 Å². The van der Waals surface area contributed by atoms with Crippen LogP contribution in [0.15, 0.2) is 54.6 Å². The van der Waals surface area contributed by atoms with E-state index >= 15 is 0 Å². The summed E-state index contributed by atoms with van der Waals surface area (Å²) in [5, 5.41) is 2.85. The second-order valence-corrected chi connectivity index (χ2v) is 6.40. The fourth-order valence-electron chi connectivity index (χ4n) is 3.07. The summed E-state index contributed by atoms with van der Waals surface area (Å²) in [5.74, 6) is 0.339. The van der Waals surface area contributed by atoms with E-state index in [0.717, 1.165) is 25.2 Å². The number of anilines is 1. The molecule has 1 unspecified atom stereocenters. The van der Waals surface area contributed by atoms with Crippen molar-refractivity contribution in [1.82, 2.24) is 4.90 Å². The van der Waals surface area contributed by atoms with Crippen molar-refractivity contribution >= 4 is 17.5 Å². The Balaban J connectivity index is 1.73. The highest BCUT2D eigenvalue weighted by Crippen LogP contribution is 2.19. The Bertz CT molecular complexity index is 727. The molecule has 1 saturated heterocycles. The van der Waals surface area contributed by atoms with Crippen LogP contribution in [-0.2, 0) is 0 Å². The van der Waals surface area contributed by atoms with Gasteiger partial charge in [-0.1, -0.05) is 31.2 Å². The highest BCUT2D eigenvalue weighted by atomic mass is 16.2. The smallest absolute Gasteiger partial charge is 0.255 e. The number of likely N-dealkylation sites (tertiary alicyclic amines) is 1. The molecule has 1 atom stereocenters. The Kier molecular flexibility index (Phi) is 4.94. The van der Waals surface area contributed by atoms with Crippen molar-refractivity contribution in [3.8, 4) is 0 Å². The molecule has 4 heteroatoms. The molecule has 3 rings (SSSR count). The van der Waals surface area contributed by atoms with Crippen molar-refractivity contribution in [2.45, 2.75) is 19.8 Å². The average Bonchev–Trinajstić information content (AvgIpc) is 2.62. The van der Waals surface area contributed by atoms with Crippen LogP contribution in [0.25, 0.3) is 0 Å². The number of hydrogen-bond donors (Lipinski definition) is 1. The molecule has 1 aliphatic heterocycles. The van der Waals surface area contributed by atoms with Gasteiger partial charge < -0.3 is 10.2 Å². The monoisotopic (exact) mass is 322 g/mol. The van der Waals surface area contributed by atoms with Crippen molar-refractivity contribution in [3.63, 3.8) is 0 Å². The molecule has 0 saturated carbocycles. The van der Waals surface area contributed by atoms with Crippen LogP contribution >= 0.6 is 0 Å². The first-order valence-corrected chi connectivity index (χ1v) is 8.39. The summed E-state index contributed by atoms with van der Waals surface area (Å²) in [4.78, 5) is 26.9. The Labute approximate surface area is 142 Å². The van der Waals surface area contributed by atoms with Crippen molar-refractivity contribution in [2.75, 3.05) is 18.4 Å². The molecule has 0 aromatic heterocycles. The molecule has 1 heterocycles. The maximum absolute atomic E-state index is 12.7. The van der Waals surface area contributed by atoms with E-state index in [4.69, 9.17) is 0 Å². The number of piperidine rings is 1. The van der Waals surface area contributed by atoms with E-state index in [2.05, 4.69) is 12.2 Å². The second kappa shape index (κ2) is 7.30. The zero-order chi connectivity index (χ0) is 16.9. The van der Waals surface area contributed by atoms with Gasteiger partial charge in [-0.25, -0.2) is 0 Å². The molecule has 1 fully saturated rings. The van der Waals surface area contributed by atoms with Gasteiger partial charge in [0.05, 0.1) is 0 Å². The zero-order valence-corrected chi connectivity index (χ0v) is 13.9. The topological polar surface area (TPSA) is 49.4 Å². The molecule has 0 bridgehead atoms. The fourth-order valence-corrected chi connectivity index (χ4v) is 3.07. The maximum Gasteiger partial charge on any atom is 0.255 e. The van der Waals surface area contributed by atoms with E-state index in [1.54, 1.807) is 24.3 Å². The van der Waals surface area contributed by atoms with Gasteiger partial charge in [0, 0.05) is 29.9 Å². The third-order valence-electron chi connectivity index (χ3n) is 4.35. The van der Waals surface area contributed by atoms with Gasteiger partial charge in [-0.2, -0.15) is 0 Å². The molecule has 0 aliphatic carbocycles. The Morgan fingerprint density at radius 1 is 1.04 bits per heavy atom. The average molecular weight is 322 g/mol. The van der Waals surface area contributed by atoms with Crippen LogP contribution in [-0.4, -0.2) is 29.8 Å². The highest BCUT2D eigenvalue weighted by molar-refractivity contribution is 6.06. The molecule has 4 nitrogen and oxygen atoms in total. The van der Waals surface area contributed by atoms with Gasteiger partial charge >= 0.3 is 0 Å². The lowest BCUT2D eigenvalue weighted by molar-refractivity contribution is 0.0683. The number of para-hydroxylation sites is 1. The third-order valence-corrected chi connectivity index (χ3v) is 4.35. The van der Waals surface area contributed by atoms with Gasteiger partial charge in [0.2, 0.25) is 0 Å². The SMILES string of the molecule is CC1CCCN(C(=O)c2cccc(C(=O)Nc3ccccc3)c2)C1. The summed E-state index contributed by atoms with van der Waals surface area (Å²) >= 11 is 0. The molecule has 124 valence electrons. The summed E-state index contributed by atoms with van der Waals surface area (Å²) in [5.41, 5.74) is 1.81. The Hall–Kier alpha value is -2.62. The number of carbonyl (C=O) groups excluding carboxylic acids is 2. The molecule has 0 spiro atoms. The molecular weight excluding hydrogens is 300 g/mol. The molecule has 1 N–H and O–H groups in total. The first-order chi connectivity index (χ1) is 11.6.